The average Bonchev–Trinajstić information content (AvgIpc) is 2.81. The van der Waals surface area contributed by atoms with Crippen LogP contribution in [0, 0.1) is 5.82 Å². The number of nitrogens with zero attached hydrogens (tertiary/aromatic N) is 3. The molecule has 0 spiro atoms. The Hall–Kier alpha value is -3.54. The average molecular weight is 417 g/mol. The van der Waals surface area contributed by atoms with Gasteiger partial charge in [0.1, 0.15) is 17.6 Å². The monoisotopic (exact) mass is 417 g/mol. The minimum atomic E-state index is -0.621. The Labute approximate surface area is 181 Å². The molecule has 0 radical (unpaired) electrons. The molecule has 6 heteroatoms. The largest absolute Gasteiger partial charge is 0.339 e. The van der Waals surface area contributed by atoms with Crippen LogP contribution >= 0.6 is 0 Å². The number of amides is 2. The van der Waals surface area contributed by atoms with Crippen LogP contribution in [-0.2, 0) is 11.2 Å². The van der Waals surface area contributed by atoms with Crippen LogP contribution in [-0.4, -0.2) is 52.3 Å². The normalized spacial score (nSPS) is 16.5. The first kappa shape index (κ1) is 20.7. The van der Waals surface area contributed by atoms with Crippen molar-refractivity contribution in [1.29, 1.82) is 0 Å². The van der Waals surface area contributed by atoms with Crippen molar-refractivity contribution in [2.75, 3.05) is 19.6 Å². The topological polar surface area (TPSA) is 53.5 Å². The van der Waals surface area contributed by atoms with Gasteiger partial charge in [0.25, 0.3) is 5.91 Å². The highest BCUT2D eigenvalue weighted by atomic mass is 19.1. The summed E-state index contributed by atoms with van der Waals surface area (Å²) in [5.74, 6) is -0.602. The molecule has 1 aromatic heterocycles. The molecule has 4 rings (SSSR count). The van der Waals surface area contributed by atoms with Gasteiger partial charge in [0.2, 0.25) is 5.91 Å². The third kappa shape index (κ3) is 4.33. The van der Waals surface area contributed by atoms with Crippen molar-refractivity contribution in [3.8, 4) is 11.1 Å². The molecule has 1 atom stereocenters. The van der Waals surface area contributed by atoms with Gasteiger partial charge in [-0.15, -0.1) is 0 Å². The van der Waals surface area contributed by atoms with Crippen molar-refractivity contribution >= 4 is 11.8 Å². The van der Waals surface area contributed by atoms with Crippen LogP contribution in [0.5, 0.6) is 0 Å². The van der Waals surface area contributed by atoms with Gasteiger partial charge in [-0.05, 0) is 47.9 Å². The van der Waals surface area contributed by atoms with Crippen LogP contribution in [0.4, 0.5) is 4.39 Å². The summed E-state index contributed by atoms with van der Waals surface area (Å²) in [6.07, 6.45) is 1.96. The summed E-state index contributed by atoms with van der Waals surface area (Å²) in [6.45, 7) is 3.50. The Bertz CT molecular complexity index is 1070. The number of benzene rings is 2. The number of likely N-dealkylation sites (N-methyl/N-ethyl adjacent to an activating group) is 1. The van der Waals surface area contributed by atoms with Gasteiger partial charge in [0.15, 0.2) is 0 Å². The first-order valence-electron chi connectivity index (χ1n) is 10.4. The summed E-state index contributed by atoms with van der Waals surface area (Å²) in [5.41, 5.74) is 3.06. The molecule has 3 aromatic rings. The second kappa shape index (κ2) is 9.08. The molecule has 0 N–H and O–H groups in total. The van der Waals surface area contributed by atoms with Crippen molar-refractivity contribution in [2.24, 2.45) is 0 Å². The van der Waals surface area contributed by atoms with Crippen LogP contribution < -0.4 is 0 Å². The third-order valence-corrected chi connectivity index (χ3v) is 5.70. The van der Waals surface area contributed by atoms with E-state index in [2.05, 4.69) is 4.98 Å². The van der Waals surface area contributed by atoms with Crippen molar-refractivity contribution < 1.29 is 14.0 Å². The maximum absolute atomic E-state index is 13.4. The Morgan fingerprint density at radius 1 is 1.03 bits per heavy atom. The van der Waals surface area contributed by atoms with Crippen molar-refractivity contribution in [2.45, 2.75) is 19.4 Å². The molecule has 0 saturated carbocycles. The number of halogens is 1. The lowest BCUT2D eigenvalue weighted by Gasteiger charge is -2.40. The van der Waals surface area contributed by atoms with E-state index in [0.717, 1.165) is 16.7 Å². The number of rotatable bonds is 5. The first-order valence-corrected chi connectivity index (χ1v) is 10.4. The van der Waals surface area contributed by atoms with Gasteiger partial charge < -0.3 is 9.80 Å². The highest BCUT2D eigenvalue weighted by molar-refractivity contribution is 5.97. The third-order valence-electron chi connectivity index (χ3n) is 5.70. The highest BCUT2D eigenvalue weighted by Gasteiger charge is 2.37. The van der Waals surface area contributed by atoms with E-state index in [9.17, 15) is 14.0 Å². The fourth-order valence-electron chi connectivity index (χ4n) is 4.05. The lowest BCUT2D eigenvalue weighted by atomic mass is 9.93. The van der Waals surface area contributed by atoms with Crippen LogP contribution in [0.15, 0.2) is 72.9 Å². The summed E-state index contributed by atoms with van der Waals surface area (Å²) < 4.78 is 13.4. The molecular weight excluding hydrogens is 393 g/mol. The number of aromatic nitrogens is 1. The molecule has 0 bridgehead atoms. The number of hydrogen-bond acceptors (Lipinski definition) is 3. The SMILES string of the molecule is CCN1CCN(C(=O)c2ccccn2)C(Cc2ccccc2-c2ccc(F)cc2)C1=O. The minimum Gasteiger partial charge on any atom is -0.339 e. The Morgan fingerprint density at radius 3 is 2.48 bits per heavy atom. The molecule has 31 heavy (non-hydrogen) atoms. The van der Waals surface area contributed by atoms with E-state index in [4.69, 9.17) is 0 Å². The zero-order valence-electron chi connectivity index (χ0n) is 17.4. The Kier molecular flexibility index (Phi) is 6.07. The quantitative estimate of drug-likeness (QED) is 0.635. The maximum Gasteiger partial charge on any atom is 0.273 e. The Balaban J connectivity index is 1.69. The minimum absolute atomic E-state index is 0.0630. The molecule has 1 saturated heterocycles. The predicted octanol–water partition coefficient (Wildman–Crippen LogP) is 3.80. The van der Waals surface area contributed by atoms with Crippen molar-refractivity contribution in [3.05, 3.63) is 90.0 Å². The predicted molar refractivity (Wildman–Crippen MR) is 117 cm³/mol. The molecule has 158 valence electrons. The first-order chi connectivity index (χ1) is 15.1. The number of pyridine rings is 1. The summed E-state index contributed by atoms with van der Waals surface area (Å²) in [7, 11) is 0. The lowest BCUT2D eigenvalue weighted by molar-refractivity contribution is -0.139. The van der Waals surface area contributed by atoms with Gasteiger partial charge in [-0.3, -0.25) is 14.6 Å². The van der Waals surface area contributed by atoms with Crippen molar-refractivity contribution in [3.63, 3.8) is 0 Å². The summed E-state index contributed by atoms with van der Waals surface area (Å²) >= 11 is 0. The molecule has 2 amide bonds. The number of carbonyl (C=O) groups is 2. The van der Waals surface area contributed by atoms with Gasteiger partial charge in [0, 0.05) is 32.3 Å². The molecule has 1 unspecified atom stereocenters. The summed E-state index contributed by atoms with van der Waals surface area (Å²) in [6, 6.07) is 18.6. The highest BCUT2D eigenvalue weighted by Crippen LogP contribution is 2.27. The summed E-state index contributed by atoms with van der Waals surface area (Å²) in [5, 5.41) is 0. The zero-order valence-corrected chi connectivity index (χ0v) is 17.4. The molecular formula is C25H24FN3O2. The van der Waals surface area contributed by atoms with E-state index in [1.165, 1.54) is 12.1 Å². The second-order valence-corrected chi connectivity index (χ2v) is 7.52. The molecule has 1 aliphatic rings. The van der Waals surface area contributed by atoms with E-state index < -0.39 is 6.04 Å². The molecule has 2 heterocycles. The van der Waals surface area contributed by atoms with Gasteiger partial charge in [-0.25, -0.2) is 4.39 Å². The molecule has 1 aliphatic heterocycles. The van der Waals surface area contributed by atoms with Gasteiger partial charge in [0.05, 0.1) is 0 Å². The smallest absolute Gasteiger partial charge is 0.273 e. The van der Waals surface area contributed by atoms with Gasteiger partial charge >= 0.3 is 0 Å². The van der Waals surface area contributed by atoms with E-state index in [1.54, 1.807) is 46.3 Å². The number of piperazine rings is 1. The zero-order chi connectivity index (χ0) is 21.8. The Morgan fingerprint density at radius 2 is 1.77 bits per heavy atom. The van der Waals surface area contributed by atoms with Crippen LogP contribution in [0.25, 0.3) is 11.1 Å². The summed E-state index contributed by atoms with van der Waals surface area (Å²) in [4.78, 5) is 34.0. The van der Waals surface area contributed by atoms with Gasteiger partial charge in [-0.1, -0.05) is 42.5 Å². The van der Waals surface area contributed by atoms with E-state index in [-0.39, 0.29) is 17.6 Å². The van der Waals surface area contributed by atoms with Crippen LogP contribution in [0.3, 0.4) is 0 Å². The number of hydrogen-bond donors (Lipinski definition) is 0. The lowest BCUT2D eigenvalue weighted by Crippen LogP contribution is -2.59. The van der Waals surface area contributed by atoms with E-state index in [0.29, 0.717) is 31.7 Å². The fourth-order valence-corrected chi connectivity index (χ4v) is 4.05. The molecule has 1 fully saturated rings. The second-order valence-electron chi connectivity index (χ2n) is 7.52. The molecule has 2 aromatic carbocycles. The number of carbonyl (C=O) groups excluding carboxylic acids is 2. The molecule has 5 nitrogen and oxygen atoms in total. The van der Waals surface area contributed by atoms with Crippen LogP contribution in [0.1, 0.15) is 23.0 Å². The standard InChI is InChI=1S/C25H24FN3O2/c1-2-28-15-16-29(24(30)22-9-5-6-14-27-22)23(25(28)31)17-19-7-3-4-8-21(19)18-10-12-20(26)13-11-18/h3-14,23H,2,15-17H2,1H3. The van der Waals surface area contributed by atoms with Gasteiger partial charge in [-0.2, -0.15) is 0 Å². The van der Waals surface area contributed by atoms with E-state index >= 15 is 0 Å². The van der Waals surface area contributed by atoms with Crippen LogP contribution in [0.2, 0.25) is 0 Å². The maximum atomic E-state index is 13.4. The van der Waals surface area contributed by atoms with Crippen molar-refractivity contribution in [1.82, 2.24) is 14.8 Å². The van der Waals surface area contributed by atoms with E-state index in [1.807, 2.05) is 31.2 Å². The fraction of sp³-hybridized carbons (Fsp3) is 0.240. The molecule has 0 aliphatic carbocycles.